The van der Waals surface area contributed by atoms with Crippen molar-refractivity contribution in [2.24, 2.45) is 5.14 Å². The Morgan fingerprint density at radius 1 is 1.35 bits per heavy atom. The van der Waals surface area contributed by atoms with Gasteiger partial charge >= 0.3 is 0 Å². The molecule has 0 bridgehead atoms. The molecule has 128 valence electrons. The molecule has 0 heterocycles. The summed E-state index contributed by atoms with van der Waals surface area (Å²) in [6, 6.07) is 2.90. The largest absolute Gasteiger partial charge is 0.496 e. The zero-order valence-corrected chi connectivity index (χ0v) is 14.1. The van der Waals surface area contributed by atoms with Crippen LogP contribution in [-0.4, -0.2) is 39.9 Å². The van der Waals surface area contributed by atoms with Gasteiger partial charge in [0.2, 0.25) is 15.9 Å². The fourth-order valence-corrected chi connectivity index (χ4v) is 2.32. The fourth-order valence-electron chi connectivity index (χ4n) is 1.78. The van der Waals surface area contributed by atoms with Gasteiger partial charge in [0.15, 0.2) is 0 Å². The molecular formula is C14H21N3O5S. The number of ether oxygens (including phenoxy) is 1. The molecule has 23 heavy (non-hydrogen) atoms. The van der Waals surface area contributed by atoms with E-state index >= 15 is 0 Å². The van der Waals surface area contributed by atoms with E-state index in [1.807, 2.05) is 6.92 Å². The van der Waals surface area contributed by atoms with Crippen molar-refractivity contribution in [2.75, 3.05) is 13.7 Å². The number of rotatable bonds is 7. The van der Waals surface area contributed by atoms with E-state index in [1.54, 1.807) is 0 Å². The van der Waals surface area contributed by atoms with Crippen molar-refractivity contribution in [1.82, 2.24) is 10.6 Å². The molecule has 0 radical (unpaired) electrons. The van der Waals surface area contributed by atoms with Crippen LogP contribution >= 0.6 is 0 Å². The molecule has 0 unspecified atom stereocenters. The van der Waals surface area contributed by atoms with Gasteiger partial charge in [-0.1, -0.05) is 6.92 Å². The minimum atomic E-state index is -3.96. The van der Waals surface area contributed by atoms with Crippen LogP contribution in [0.5, 0.6) is 5.75 Å². The molecule has 9 heteroatoms. The van der Waals surface area contributed by atoms with Gasteiger partial charge in [-0.25, -0.2) is 13.6 Å². The summed E-state index contributed by atoms with van der Waals surface area (Å²) in [5, 5.41) is 10.2. The first-order valence-electron chi connectivity index (χ1n) is 7.00. The fraction of sp³-hybridized carbons (Fsp3) is 0.429. The highest BCUT2D eigenvalue weighted by atomic mass is 32.2. The lowest BCUT2D eigenvalue weighted by Crippen LogP contribution is -2.45. The Labute approximate surface area is 135 Å². The second-order valence-electron chi connectivity index (χ2n) is 4.89. The zero-order valence-electron chi connectivity index (χ0n) is 13.3. The predicted octanol–water partition coefficient (Wildman–Crippen LogP) is -0.0129. The number of hydrogen-bond acceptors (Lipinski definition) is 5. The van der Waals surface area contributed by atoms with Gasteiger partial charge in [0.1, 0.15) is 11.8 Å². The SMILES string of the molecule is CCCNC(=O)[C@@H](C)NC(=O)c1cc(S(N)(=O)=O)ccc1OC. The first-order valence-corrected chi connectivity index (χ1v) is 8.54. The van der Waals surface area contributed by atoms with Crippen LogP contribution in [0.1, 0.15) is 30.6 Å². The number of hydrogen-bond donors (Lipinski definition) is 3. The normalized spacial score (nSPS) is 12.3. The summed E-state index contributed by atoms with van der Waals surface area (Å²) >= 11 is 0. The zero-order chi connectivity index (χ0) is 17.6. The van der Waals surface area contributed by atoms with Crippen molar-refractivity contribution < 1.29 is 22.7 Å². The number of nitrogens with two attached hydrogens (primary N) is 1. The van der Waals surface area contributed by atoms with E-state index in [2.05, 4.69) is 10.6 Å². The lowest BCUT2D eigenvalue weighted by molar-refractivity contribution is -0.122. The Hall–Kier alpha value is -2.13. The van der Waals surface area contributed by atoms with E-state index in [-0.39, 0.29) is 22.1 Å². The van der Waals surface area contributed by atoms with Crippen LogP contribution in [0, 0.1) is 0 Å². The van der Waals surface area contributed by atoms with E-state index in [0.29, 0.717) is 6.54 Å². The number of benzene rings is 1. The molecule has 1 aromatic carbocycles. The van der Waals surface area contributed by atoms with Crippen LogP contribution in [0.25, 0.3) is 0 Å². The number of nitrogens with one attached hydrogen (secondary N) is 2. The maximum atomic E-state index is 12.3. The topological polar surface area (TPSA) is 128 Å². The van der Waals surface area contributed by atoms with Crippen molar-refractivity contribution >= 4 is 21.8 Å². The third-order valence-electron chi connectivity index (χ3n) is 3.03. The Morgan fingerprint density at radius 2 is 2.00 bits per heavy atom. The number of carbonyl (C=O) groups excluding carboxylic acids is 2. The highest BCUT2D eigenvalue weighted by Gasteiger charge is 2.21. The molecule has 0 saturated carbocycles. The lowest BCUT2D eigenvalue weighted by Gasteiger charge is -2.15. The monoisotopic (exact) mass is 343 g/mol. The van der Waals surface area contributed by atoms with Crippen molar-refractivity contribution in [3.63, 3.8) is 0 Å². The summed E-state index contributed by atoms with van der Waals surface area (Å²) in [5.74, 6) is -0.788. The number of primary sulfonamides is 1. The van der Waals surface area contributed by atoms with E-state index < -0.39 is 22.0 Å². The number of amides is 2. The molecule has 1 rings (SSSR count). The molecule has 0 aliphatic rings. The molecule has 0 aromatic heterocycles. The Balaban J connectivity index is 3.00. The third-order valence-corrected chi connectivity index (χ3v) is 3.95. The number of carbonyl (C=O) groups is 2. The number of methoxy groups -OCH3 is 1. The molecule has 8 nitrogen and oxygen atoms in total. The van der Waals surface area contributed by atoms with Gasteiger partial charge in [-0.15, -0.1) is 0 Å². The van der Waals surface area contributed by atoms with Crippen molar-refractivity contribution in [1.29, 1.82) is 0 Å². The summed E-state index contributed by atoms with van der Waals surface area (Å²) in [5.41, 5.74) is -0.0193. The molecule has 0 aliphatic heterocycles. The van der Waals surface area contributed by atoms with Gasteiger partial charge in [-0.05, 0) is 31.5 Å². The van der Waals surface area contributed by atoms with E-state index in [0.717, 1.165) is 12.5 Å². The Bertz CT molecular complexity index is 688. The van der Waals surface area contributed by atoms with Gasteiger partial charge in [0.05, 0.1) is 17.6 Å². The van der Waals surface area contributed by atoms with Crippen LogP contribution in [-0.2, 0) is 14.8 Å². The maximum Gasteiger partial charge on any atom is 0.255 e. The van der Waals surface area contributed by atoms with Crippen LogP contribution in [0.4, 0.5) is 0 Å². The van der Waals surface area contributed by atoms with Crippen molar-refractivity contribution in [2.45, 2.75) is 31.2 Å². The lowest BCUT2D eigenvalue weighted by atomic mass is 10.1. The average Bonchev–Trinajstić information content (AvgIpc) is 2.50. The number of sulfonamides is 1. The van der Waals surface area contributed by atoms with Crippen LogP contribution < -0.4 is 20.5 Å². The van der Waals surface area contributed by atoms with E-state index in [1.165, 1.54) is 26.2 Å². The standard InChI is InChI=1S/C14H21N3O5S/c1-4-7-16-13(18)9(2)17-14(19)11-8-10(23(15,20)21)5-6-12(11)22-3/h5-6,8-9H,4,7H2,1-3H3,(H,16,18)(H,17,19)(H2,15,20,21)/t9-/m1/s1. The summed E-state index contributed by atoms with van der Waals surface area (Å²) < 4.78 is 27.8. The van der Waals surface area contributed by atoms with Gasteiger partial charge in [0.25, 0.3) is 5.91 Å². The molecule has 0 aliphatic carbocycles. The molecule has 1 atom stereocenters. The molecule has 4 N–H and O–H groups in total. The molecule has 0 saturated heterocycles. The summed E-state index contributed by atoms with van der Waals surface area (Å²) in [6.07, 6.45) is 0.774. The highest BCUT2D eigenvalue weighted by molar-refractivity contribution is 7.89. The summed E-state index contributed by atoms with van der Waals surface area (Å²) in [6.45, 7) is 3.94. The van der Waals surface area contributed by atoms with Gasteiger partial charge in [0, 0.05) is 6.54 Å². The van der Waals surface area contributed by atoms with Gasteiger partial charge in [-0.3, -0.25) is 9.59 Å². The van der Waals surface area contributed by atoms with Gasteiger partial charge in [-0.2, -0.15) is 0 Å². The minimum absolute atomic E-state index is 0.0193. The van der Waals surface area contributed by atoms with Crippen molar-refractivity contribution in [3.05, 3.63) is 23.8 Å². The first kappa shape index (κ1) is 18.9. The molecule has 1 aromatic rings. The quantitative estimate of drug-likeness (QED) is 0.641. The van der Waals surface area contributed by atoms with Crippen LogP contribution in [0.2, 0.25) is 0 Å². The van der Waals surface area contributed by atoms with E-state index in [9.17, 15) is 18.0 Å². The average molecular weight is 343 g/mol. The second kappa shape index (κ2) is 7.93. The molecule has 2 amide bonds. The summed E-state index contributed by atoms with van der Waals surface area (Å²) in [7, 11) is -2.61. The Morgan fingerprint density at radius 3 is 2.52 bits per heavy atom. The van der Waals surface area contributed by atoms with Gasteiger partial charge < -0.3 is 15.4 Å². The van der Waals surface area contributed by atoms with Crippen LogP contribution in [0.15, 0.2) is 23.1 Å². The predicted molar refractivity (Wildman–Crippen MR) is 84.6 cm³/mol. The molecular weight excluding hydrogens is 322 g/mol. The Kier molecular flexibility index (Phi) is 6.52. The molecule has 0 spiro atoms. The minimum Gasteiger partial charge on any atom is -0.496 e. The van der Waals surface area contributed by atoms with Crippen LogP contribution in [0.3, 0.4) is 0 Å². The smallest absolute Gasteiger partial charge is 0.255 e. The highest BCUT2D eigenvalue weighted by Crippen LogP contribution is 2.22. The first-order chi connectivity index (χ1) is 10.7. The van der Waals surface area contributed by atoms with E-state index in [4.69, 9.17) is 9.88 Å². The van der Waals surface area contributed by atoms with Crippen molar-refractivity contribution in [3.8, 4) is 5.75 Å². The second-order valence-corrected chi connectivity index (χ2v) is 6.45. The molecule has 0 fully saturated rings. The summed E-state index contributed by atoms with van der Waals surface area (Å²) in [4.78, 5) is 23.8. The third kappa shape index (κ3) is 5.22. The maximum absolute atomic E-state index is 12.3.